The summed E-state index contributed by atoms with van der Waals surface area (Å²) in [5, 5.41) is 3.42. The monoisotopic (exact) mass is 298 g/mol. The van der Waals surface area contributed by atoms with Crippen molar-refractivity contribution < 1.29 is 14.3 Å². The number of likely N-dealkylation sites (N-methyl/N-ethyl adjacent to an activating group) is 1. The van der Waals surface area contributed by atoms with Crippen molar-refractivity contribution in [2.75, 3.05) is 40.4 Å². The van der Waals surface area contributed by atoms with E-state index in [9.17, 15) is 4.79 Å². The number of hydrogen-bond donors (Lipinski definition) is 1. The zero-order valence-electron chi connectivity index (χ0n) is 12.1. The van der Waals surface area contributed by atoms with E-state index in [1.807, 2.05) is 6.07 Å². The van der Waals surface area contributed by atoms with Crippen LogP contribution in [0.2, 0.25) is 0 Å². The first-order valence-corrected chi connectivity index (χ1v) is 7.64. The number of nitrogens with zero attached hydrogens (tertiary/aromatic N) is 1. The van der Waals surface area contributed by atoms with Crippen LogP contribution < -0.4 is 5.32 Å². The molecule has 1 unspecified atom stereocenters. The molecule has 1 atom stereocenters. The number of carbonyl (C=O) groups is 1. The molecule has 2 heterocycles. The van der Waals surface area contributed by atoms with Gasteiger partial charge < -0.3 is 19.7 Å². The highest BCUT2D eigenvalue weighted by atomic mass is 32.1. The van der Waals surface area contributed by atoms with Gasteiger partial charge in [-0.3, -0.25) is 4.79 Å². The Kier molecular flexibility index (Phi) is 5.97. The molecular weight excluding hydrogens is 276 g/mol. The number of esters is 1. The zero-order valence-corrected chi connectivity index (χ0v) is 12.9. The summed E-state index contributed by atoms with van der Waals surface area (Å²) in [7, 11) is 3.54. The smallest absolute Gasteiger partial charge is 0.310 e. The Balaban J connectivity index is 1.70. The molecule has 0 amide bonds. The van der Waals surface area contributed by atoms with Crippen molar-refractivity contribution in [1.29, 1.82) is 0 Å². The fraction of sp³-hybridized carbons (Fsp3) is 0.643. The van der Waals surface area contributed by atoms with Crippen LogP contribution in [0, 0.1) is 0 Å². The molecule has 5 nitrogen and oxygen atoms in total. The van der Waals surface area contributed by atoms with E-state index in [0.29, 0.717) is 6.42 Å². The van der Waals surface area contributed by atoms with Gasteiger partial charge in [-0.2, -0.15) is 0 Å². The molecule has 1 saturated heterocycles. The molecule has 1 aliphatic heterocycles. The van der Waals surface area contributed by atoms with E-state index >= 15 is 0 Å². The van der Waals surface area contributed by atoms with Crippen LogP contribution in [-0.2, 0) is 27.2 Å². The summed E-state index contributed by atoms with van der Waals surface area (Å²) >= 11 is 1.65. The molecule has 1 aromatic heterocycles. The molecule has 1 aliphatic rings. The quantitative estimate of drug-likeness (QED) is 0.790. The minimum atomic E-state index is -0.190. The van der Waals surface area contributed by atoms with Crippen molar-refractivity contribution in [3.05, 3.63) is 21.9 Å². The molecule has 1 aromatic rings. The van der Waals surface area contributed by atoms with E-state index in [4.69, 9.17) is 4.74 Å². The highest BCUT2D eigenvalue weighted by Crippen LogP contribution is 2.17. The van der Waals surface area contributed by atoms with Crippen molar-refractivity contribution >= 4 is 17.3 Å². The third kappa shape index (κ3) is 4.86. The zero-order chi connectivity index (χ0) is 14.4. The van der Waals surface area contributed by atoms with Gasteiger partial charge in [0.2, 0.25) is 0 Å². The minimum Gasteiger partial charge on any atom is -0.469 e. The Hall–Kier alpha value is -0.950. The number of nitrogens with one attached hydrogen (secondary N) is 1. The predicted molar refractivity (Wildman–Crippen MR) is 79.0 cm³/mol. The summed E-state index contributed by atoms with van der Waals surface area (Å²) in [5.74, 6) is -0.190. The van der Waals surface area contributed by atoms with Crippen LogP contribution in [0.5, 0.6) is 0 Å². The van der Waals surface area contributed by atoms with Crippen LogP contribution in [0.1, 0.15) is 9.75 Å². The van der Waals surface area contributed by atoms with E-state index in [1.54, 1.807) is 11.3 Å². The highest BCUT2D eigenvalue weighted by molar-refractivity contribution is 7.12. The van der Waals surface area contributed by atoms with E-state index in [-0.39, 0.29) is 12.1 Å². The Labute approximate surface area is 123 Å². The summed E-state index contributed by atoms with van der Waals surface area (Å²) in [4.78, 5) is 15.8. The molecule has 2 rings (SSSR count). The van der Waals surface area contributed by atoms with E-state index < -0.39 is 0 Å². The topological polar surface area (TPSA) is 50.8 Å². The molecule has 0 spiro atoms. The summed E-state index contributed by atoms with van der Waals surface area (Å²) < 4.78 is 10.4. The first-order chi connectivity index (χ1) is 9.67. The lowest BCUT2D eigenvalue weighted by Crippen LogP contribution is -2.44. The SMILES string of the molecule is COC(=O)Cc1ccc(CNCC2CN(C)CCO2)s1. The number of thiophene rings is 1. The number of hydrogen-bond acceptors (Lipinski definition) is 6. The maximum atomic E-state index is 11.2. The van der Waals surface area contributed by atoms with Gasteiger partial charge in [0.1, 0.15) is 0 Å². The predicted octanol–water partition coefficient (Wildman–Crippen LogP) is 0.884. The average molecular weight is 298 g/mol. The van der Waals surface area contributed by atoms with Crippen LogP contribution in [-0.4, -0.2) is 57.4 Å². The summed E-state index contributed by atoms with van der Waals surface area (Å²) in [6.07, 6.45) is 0.626. The maximum absolute atomic E-state index is 11.2. The molecule has 20 heavy (non-hydrogen) atoms. The summed E-state index contributed by atoms with van der Waals surface area (Å²) in [5.41, 5.74) is 0. The number of ether oxygens (including phenoxy) is 2. The van der Waals surface area contributed by atoms with Crippen LogP contribution >= 0.6 is 11.3 Å². The second-order valence-corrected chi connectivity index (χ2v) is 6.26. The van der Waals surface area contributed by atoms with Crippen molar-refractivity contribution in [2.45, 2.75) is 19.1 Å². The van der Waals surface area contributed by atoms with Crippen molar-refractivity contribution in [2.24, 2.45) is 0 Å². The van der Waals surface area contributed by atoms with Gasteiger partial charge in [0, 0.05) is 35.9 Å². The summed E-state index contributed by atoms with van der Waals surface area (Å²) in [6.45, 7) is 4.47. The van der Waals surface area contributed by atoms with Crippen LogP contribution in [0.15, 0.2) is 12.1 Å². The molecule has 0 bridgehead atoms. The van der Waals surface area contributed by atoms with Gasteiger partial charge in [0.15, 0.2) is 0 Å². The normalized spacial score (nSPS) is 20.0. The maximum Gasteiger partial charge on any atom is 0.310 e. The van der Waals surface area contributed by atoms with Gasteiger partial charge in [-0.05, 0) is 19.2 Å². The fourth-order valence-electron chi connectivity index (χ4n) is 2.17. The molecular formula is C14H22N2O3S. The Morgan fingerprint density at radius 3 is 3.10 bits per heavy atom. The fourth-order valence-corrected chi connectivity index (χ4v) is 3.15. The molecule has 0 aromatic carbocycles. The number of rotatable bonds is 6. The van der Waals surface area contributed by atoms with E-state index in [1.165, 1.54) is 12.0 Å². The largest absolute Gasteiger partial charge is 0.469 e. The molecule has 6 heteroatoms. The molecule has 0 aliphatic carbocycles. The van der Waals surface area contributed by atoms with Gasteiger partial charge in [-0.1, -0.05) is 0 Å². The third-order valence-corrected chi connectivity index (χ3v) is 4.36. The molecule has 112 valence electrons. The van der Waals surface area contributed by atoms with Crippen molar-refractivity contribution in [1.82, 2.24) is 10.2 Å². The second kappa shape index (κ2) is 7.73. The third-order valence-electron chi connectivity index (χ3n) is 3.28. The lowest BCUT2D eigenvalue weighted by molar-refractivity contribution is -0.139. The van der Waals surface area contributed by atoms with Crippen LogP contribution in [0.4, 0.5) is 0 Å². The standard InChI is InChI=1S/C14H22N2O3S/c1-16-5-6-19-11(10-16)8-15-9-13-4-3-12(20-13)7-14(17)18-2/h3-4,11,15H,5-10H2,1-2H3. The Morgan fingerprint density at radius 2 is 2.35 bits per heavy atom. The van der Waals surface area contributed by atoms with Crippen LogP contribution in [0.25, 0.3) is 0 Å². The van der Waals surface area contributed by atoms with Crippen molar-refractivity contribution in [3.8, 4) is 0 Å². The number of methoxy groups -OCH3 is 1. The molecule has 0 saturated carbocycles. The minimum absolute atomic E-state index is 0.190. The highest BCUT2D eigenvalue weighted by Gasteiger charge is 2.17. The molecule has 1 N–H and O–H groups in total. The first kappa shape index (κ1) is 15.4. The second-order valence-electron chi connectivity index (χ2n) is 5.01. The van der Waals surface area contributed by atoms with Crippen LogP contribution in [0.3, 0.4) is 0 Å². The van der Waals surface area contributed by atoms with E-state index in [2.05, 4.69) is 28.1 Å². The average Bonchev–Trinajstić information content (AvgIpc) is 2.86. The molecule has 1 fully saturated rings. The Morgan fingerprint density at radius 1 is 1.55 bits per heavy atom. The molecule has 0 radical (unpaired) electrons. The lowest BCUT2D eigenvalue weighted by Gasteiger charge is -2.30. The summed E-state index contributed by atoms with van der Waals surface area (Å²) in [6, 6.07) is 4.05. The first-order valence-electron chi connectivity index (χ1n) is 6.82. The van der Waals surface area contributed by atoms with Gasteiger partial charge >= 0.3 is 5.97 Å². The number of morpholine rings is 1. The van der Waals surface area contributed by atoms with Gasteiger partial charge in [-0.15, -0.1) is 11.3 Å². The lowest BCUT2D eigenvalue weighted by atomic mass is 10.3. The van der Waals surface area contributed by atoms with Gasteiger partial charge in [0.05, 0.1) is 26.2 Å². The van der Waals surface area contributed by atoms with Gasteiger partial charge in [-0.25, -0.2) is 0 Å². The van der Waals surface area contributed by atoms with E-state index in [0.717, 1.165) is 37.7 Å². The van der Waals surface area contributed by atoms with Gasteiger partial charge in [0.25, 0.3) is 0 Å². The van der Waals surface area contributed by atoms with Crippen molar-refractivity contribution in [3.63, 3.8) is 0 Å². The number of carbonyl (C=O) groups excluding carboxylic acids is 1. The Bertz CT molecular complexity index is 436.